The van der Waals surface area contributed by atoms with Crippen LogP contribution in [-0.4, -0.2) is 75.7 Å². The summed E-state index contributed by atoms with van der Waals surface area (Å²) < 4.78 is 38.1. The summed E-state index contributed by atoms with van der Waals surface area (Å²) in [6.07, 6.45) is 7.81. The number of cyclic esters (lactones) is 1. The summed E-state index contributed by atoms with van der Waals surface area (Å²) in [4.78, 5) is 39.5. The van der Waals surface area contributed by atoms with Gasteiger partial charge in [-0.25, -0.2) is 14.4 Å². The highest BCUT2D eigenvalue weighted by Crippen LogP contribution is 2.62. The first-order valence-corrected chi connectivity index (χ1v) is 19.8. The molecule has 0 aromatic heterocycles. The molecule has 0 aromatic carbocycles. The summed E-state index contributed by atoms with van der Waals surface area (Å²) in [6.45, 7) is 18.8. The third-order valence-corrected chi connectivity index (χ3v) is 16.2. The summed E-state index contributed by atoms with van der Waals surface area (Å²) in [6, 6.07) is 0. The second-order valence-electron chi connectivity index (χ2n) is 15.6. The number of esters is 2. The largest absolute Gasteiger partial charge is 0.457 e. The quantitative estimate of drug-likeness (QED) is 0.155. The molecule has 10 nitrogen and oxygen atoms in total. The van der Waals surface area contributed by atoms with Crippen LogP contribution in [0.1, 0.15) is 61.3 Å². The highest BCUT2D eigenvalue weighted by atomic mass is 28.4. The van der Waals surface area contributed by atoms with Gasteiger partial charge in [-0.1, -0.05) is 71.1 Å². The van der Waals surface area contributed by atoms with Crippen molar-refractivity contribution in [3.05, 3.63) is 47.6 Å². The Balaban J connectivity index is 1.58. The molecule has 12 atom stereocenters. The van der Waals surface area contributed by atoms with Crippen LogP contribution in [0.25, 0.3) is 0 Å². The van der Waals surface area contributed by atoms with Gasteiger partial charge >= 0.3 is 18.0 Å². The summed E-state index contributed by atoms with van der Waals surface area (Å²) in [5, 5.41) is -0.0347. The fourth-order valence-electron chi connectivity index (χ4n) is 8.28. The van der Waals surface area contributed by atoms with Gasteiger partial charge in [-0.2, -0.15) is 0 Å². The van der Waals surface area contributed by atoms with Gasteiger partial charge in [0.25, 0.3) is 0 Å². The zero-order valence-corrected chi connectivity index (χ0v) is 30.5. The average molecular weight is 672 g/mol. The molecular weight excluding hydrogens is 618 g/mol. The molecule has 2 aliphatic heterocycles. The lowest BCUT2D eigenvalue weighted by Gasteiger charge is -2.49. The summed E-state index contributed by atoms with van der Waals surface area (Å²) >= 11 is 0. The van der Waals surface area contributed by atoms with Gasteiger partial charge in [-0.15, -0.1) is 0 Å². The minimum absolute atomic E-state index is 0.0347. The van der Waals surface area contributed by atoms with Crippen molar-refractivity contribution in [3.8, 4) is 0 Å². The lowest BCUT2D eigenvalue weighted by atomic mass is 9.57. The van der Waals surface area contributed by atoms with Crippen LogP contribution >= 0.6 is 0 Å². The standard InChI is InChI=1S/C36H53NO9Si/c1-19-17-20(2)36-24(18-26(41-8)33(39)42-28(19)22(4)46-47(9,10)35(5,6)7)15-16-25-27(36)29(44-34(37)40)21(3)30(31(25)45-36)43-32(38)23-13-11-12-14-23/h11-13,15-17,19,21-22,24-31H,14,18H2,1-10H3,(H2,37,40)/b20-17+/t19-,21-,22-,24?,25-,26+,27+,28+,29-,30-,31-,36+/m1/s1. The summed E-state index contributed by atoms with van der Waals surface area (Å²) in [5.74, 6) is -2.46. The molecule has 11 heteroatoms. The molecule has 1 amide bonds. The van der Waals surface area contributed by atoms with Crippen molar-refractivity contribution in [3.63, 3.8) is 0 Å². The second-order valence-corrected chi connectivity index (χ2v) is 20.3. The number of primary amides is 1. The van der Waals surface area contributed by atoms with Gasteiger partial charge in [0.05, 0.1) is 6.10 Å². The number of hydrogen-bond donors (Lipinski definition) is 1. The number of ether oxygens (including phenoxy) is 5. The van der Waals surface area contributed by atoms with Gasteiger partial charge in [0, 0.05) is 42.3 Å². The van der Waals surface area contributed by atoms with Crippen LogP contribution in [0.3, 0.4) is 0 Å². The molecule has 2 heterocycles. The molecule has 2 N–H and O–H groups in total. The van der Waals surface area contributed by atoms with Gasteiger partial charge in [0.1, 0.15) is 30.0 Å². The number of amides is 1. The summed E-state index contributed by atoms with van der Waals surface area (Å²) in [5.41, 5.74) is 6.17. The van der Waals surface area contributed by atoms with Crippen molar-refractivity contribution in [2.45, 2.75) is 122 Å². The van der Waals surface area contributed by atoms with E-state index < -0.39 is 68.4 Å². The Morgan fingerprint density at radius 1 is 1.13 bits per heavy atom. The highest BCUT2D eigenvalue weighted by Gasteiger charge is 2.70. The van der Waals surface area contributed by atoms with Gasteiger partial charge in [-0.3, -0.25) is 0 Å². The van der Waals surface area contributed by atoms with Crippen molar-refractivity contribution in [1.82, 2.24) is 0 Å². The first kappa shape index (κ1) is 35.6. The lowest BCUT2D eigenvalue weighted by molar-refractivity contribution is -0.172. The zero-order valence-electron chi connectivity index (χ0n) is 29.5. The molecule has 260 valence electrons. The molecule has 1 saturated heterocycles. The molecule has 0 aromatic rings. The van der Waals surface area contributed by atoms with Crippen molar-refractivity contribution in [1.29, 1.82) is 0 Å². The van der Waals surface area contributed by atoms with Crippen molar-refractivity contribution in [2.75, 3.05) is 7.11 Å². The van der Waals surface area contributed by atoms with Crippen LogP contribution in [0.2, 0.25) is 18.1 Å². The van der Waals surface area contributed by atoms with Crippen molar-refractivity contribution < 1.29 is 42.5 Å². The smallest absolute Gasteiger partial charge is 0.404 e. The maximum Gasteiger partial charge on any atom is 0.404 e. The van der Waals surface area contributed by atoms with E-state index in [2.05, 4.69) is 52.1 Å². The van der Waals surface area contributed by atoms with Gasteiger partial charge in [-0.05, 0) is 50.4 Å². The van der Waals surface area contributed by atoms with E-state index in [1.807, 2.05) is 39.8 Å². The Kier molecular flexibility index (Phi) is 9.80. The number of hydrogen-bond acceptors (Lipinski definition) is 9. The van der Waals surface area contributed by atoms with Crippen LogP contribution in [0.4, 0.5) is 4.79 Å². The molecule has 47 heavy (non-hydrogen) atoms. The number of nitrogens with two attached hydrogens (primary N) is 1. The molecule has 1 saturated carbocycles. The van der Waals surface area contributed by atoms with Gasteiger partial charge in [0.2, 0.25) is 0 Å². The fraction of sp³-hybridized carbons (Fsp3) is 0.694. The normalized spacial score (nSPS) is 40.0. The molecule has 0 radical (unpaired) electrons. The Morgan fingerprint density at radius 2 is 1.83 bits per heavy atom. The Morgan fingerprint density at radius 3 is 2.43 bits per heavy atom. The Bertz CT molecular complexity index is 1380. The number of allylic oxidation sites excluding steroid dienone is 3. The predicted octanol–water partition coefficient (Wildman–Crippen LogP) is 5.78. The molecule has 5 aliphatic rings. The van der Waals surface area contributed by atoms with Gasteiger partial charge in [0.15, 0.2) is 14.4 Å². The third-order valence-electron chi connectivity index (χ3n) is 11.6. The third kappa shape index (κ3) is 6.29. The van der Waals surface area contributed by atoms with Crippen molar-refractivity contribution in [2.24, 2.45) is 35.3 Å². The first-order valence-electron chi connectivity index (χ1n) is 16.9. The maximum atomic E-state index is 13.8. The SMILES string of the molecule is CO[C@H]1CC2C=C[C@H]3[C@H]4O[C@]2(/C(C)=C/[C@@H](C)[C@@H]([C@@H](C)O[Si](C)(C)C(C)(C)C)OC1=O)[C@@H]3[C@H](OC(N)=O)[C@@H](C)[C@H]4OC(=O)C1=CC=CC1. The van der Waals surface area contributed by atoms with Crippen LogP contribution in [-0.2, 0) is 37.7 Å². The predicted molar refractivity (Wildman–Crippen MR) is 179 cm³/mol. The molecule has 2 fully saturated rings. The zero-order chi connectivity index (χ0) is 34.6. The van der Waals surface area contributed by atoms with E-state index >= 15 is 0 Å². The number of carbonyl (C=O) groups excluding carboxylic acids is 3. The minimum atomic E-state index is -2.21. The number of methoxy groups -OCH3 is 1. The van der Waals surface area contributed by atoms with Crippen LogP contribution < -0.4 is 5.73 Å². The van der Waals surface area contributed by atoms with E-state index in [1.54, 1.807) is 6.08 Å². The molecular formula is C36H53NO9Si. The average Bonchev–Trinajstić information content (AvgIpc) is 3.57. The Hall–Kier alpha value is -2.73. The van der Waals surface area contributed by atoms with E-state index in [9.17, 15) is 14.4 Å². The van der Waals surface area contributed by atoms with E-state index in [0.29, 0.717) is 12.0 Å². The van der Waals surface area contributed by atoms with Gasteiger partial charge < -0.3 is 33.8 Å². The molecule has 5 rings (SSSR count). The molecule has 1 spiro atoms. The molecule has 3 aliphatic carbocycles. The topological polar surface area (TPSA) is 133 Å². The van der Waals surface area contributed by atoms with Crippen LogP contribution in [0, 0.1) is 29.6 Å². The van der Waals surface area contributed by atoms with Crippen LogP contribution in [0.5, 0.6) is 0 Å². The second kappa shape index (κ2) is 12.9. The fourth-order valence-corrected chi connectivity index (χ4v) is 9.70. The van der Waals surface area contributed by atoms with E-state index in [1.165, 1.54) is 7.11 Å². The van der Waals surface area contributed by atoms with E-state index in [0.717, 1.165) is 5.57 Å². The lowest BCUT2D eigenvalue weighted by Crippen LogP contribution is -2.58. The number of rotatable bonds is 7. The Labute approximate surface area is 280 Å². The monoisotopic (exact) mass is 671 g/mol. The van der Waals surface area contributed by atoms with E-state index in [-0.39, 0.29) is 41.2 Å². The maximum absolute atomic E-state index is 13.8. The molecule has 1 unspecified atom stereocenters. The highest BCUT2D eigenvalue weighted by molar-refractivity contribution is 6.74. The minimum Gasteiger partial charge on any atom is -0.457 e. The van der Waals surface area contributed by atoms with Crippen molar-refractivity contribution >= 4 is 26.3 Å². The summed E-state index contributed by atoms with van der Waals surface area (Å²) in [7, 11) is -0.701. The first-order chi connectivity index (χ1) is 21.9. The molecule has 4 bridgehead atoms. The van der Waals surface area contributed by atoms with Crippen LogP contribution in [0.15, 0.2) is 47.6 Å². The number of carbonyl (C=O) groups is 3. The van der Waals surface area contributed by atoms with E-state index in [4.69, 9.17) is 33.8 Å².